The maximum Gasteiger partial charge on any atom is 0.106 e. The first-order valence-electron chi connectivity index (χ1n) is 4.99. The second-order valence-electron chi connectivity index (χ2n) is 3.35. The highest BCUT2D eigenvalue weighted by atomic mass is 32.2. The average Bonchev–Trinajstić information content (AvgIpc) is 2.31. The summed E-state index contributed by atoms with van der Waals surface area (Å²) in [6.07, 6.45) is 0. The molecule has 2 nitrogen and oxygen atoms in total. The Bertz CT molecular complexity index is 470. The van der Waals surface area contributed by atoms with E-state index in [1.165, 1.54) is 4.90 Å². The molecule has 0 atom stereocenters. The standard InChI is InChI=1S/C13H11NOS/c15-14-10-11-5-4-8-13(9-11)16-12-6-2-1-3-7-12/h1-9H,10H2. The van der Waals surface area contributed by atoms with Gasteiger partial charge in [-0.25, -0.2) is 0 Å². The number of nitrogens with zero attached hydrogens (tertiary/aromatic N) is 1. The van der Waals surface area contributed by atoms with Gasteiger partial charge >= 0.3 is 0 Å². The van der Waals surface area contributed by atoms with Crippen LogP contribution in [0, 0.1) is 4.91 Å². The third-order valence-electron chi connectivity index (χ3n) is 2.12. The van der Waals surface area contributed by atoms with Crippen LogP contribution in [-0.2, 0) is 6.54 Å². The van der Waals surface area contributed by atoms with Crippen LogP contribution in [0.1, 0.15) is 5.56 Å². The smallest absolute Gasteiger partial charge is 0.106 e. The fourth-order valence-corrected chi connectivity index (χ4v) is 2.33. The Morgan fingerprint density at radius 3 is 2.44 bits per heavy atom. The minimum Gasteiger partial charge on any atom is -0.150 e. The molecule has 0 radical (unpaired) electrons. The molecule has 0 aromatic heterocycles. The number of rotatable bonds is 4. The third kappa shape index (κ3) is 2.94. The van der Waals surface area contributed by atoms with Gasteiger partial charge in [-0.3, -0.25) is 0 Å². The van der Waals surface area contributed by atoms with Gasteiger partial charge in [-0.2, -0.15) is 4.91 Å². The van der Waals surface area contributed by atoms with Gasteiger partial charge in [0, 0.05) is 9.79 Å². The van der Waals surface area contributed by atoms with Crippen LogP contribution in [0.5, 0.6) is 0 Å². The minimum atomic E-state index is 0.239. The van der Waals surface area contributed by atoms with E-state index in [1.54, 1.807) is 11.8 Å². The van der Waals surface area contributed by atoms with E-state index in [9.17, 15) is 4.91 Å². The second kappa shape index (κ2) is 5.47. The molecule has 2 rings (SSSR count). The van der Waals surface area contributed by atoms with Crippen LogP contribution in [0.4, 0.5) is 0 Å². The maximum absolute atomic E-state index is 10.2. The van der Waals surface area contributed by atoms with Gasteiger partial charge in [0.15, 0.2) is 0 Å². The normalized spacial score (nSPS) is 10.0. The molecule has 0 unspecified atom stereocenters. The molecule has 0 aliphatic heterocycles. The van der Waals surface area contributed by atoms with Crippen molar-refractivity contribution in [2.45, 2.75) is 16.3 Å². The molecule has 0 spiro atoms. The first-order chi connectivity index (χ1) is 7.88. The first-order valence-corrected chi connectivity index (χ1v) is 5.81. The summed E-state index contributed by atoms with van der Waals surface area (Å²) in [5, 5.41) is 2.89. The Kier molecular flexibility index (Phi) is 3.72. The molecule has 16 heavy (non-hydrogen) atoms. The van der Waals surface area contributed by atoms with Crippen molar-refractivity contribution in [1.29, 1.82) is 0 Å². The van der Waals surface area contributed by atoms with Crippen LogP contribution in [0.25, 0.3) is 0 Å². The van der Waals surface area contributed by atoms with Gasteiger partial charge in [-0.15, -0.1) is 0 Å². The lowest BCUT2D eigenvalue weighted by molar-refractivity contribution is 1.04. The van der Waals surface area contributed by atoms with Gasteiger partial charge in [0.1, 0.15) is 6.54 Å². The predicted molar refractivity (Wildman–Crippen MR) is 66.5 cm³/mol. The van der Waals surface area contributed by atoms with Crippen LogP contribution in [0.2, 0.25) is 0 Å². The summed E-state index contributed by atoms with van der Waals surface area (Å²) < 4.78 is 0. The molecule has 0 amide bonds. The summed E-state index contributed by atoms with van der Waals surface area (Å²) in [5.41, 5.74) is 0.955. The lowest BCUT2D eigenvalue weighted by Gasteiger charge is -2.02. The highest BCUT2D eigenvalue weighted by Gasteiger charge is 1.98. The third-order valence-corrected chi connectivity index (χ3v) is 3.12. The zero-order valence-electron chi connectivity index (χ0n) is 8.67. The zero-order chi connectivity index (χ0) is 11.2. The van der Waals surface area contributed by atoms with Gasteiger partial charge in [0.05, 0.1) is 0 Å². The Morgan fingerprint density at radius 1 is 0.938 bits per heavy atom. The van der Waals surface area contributed by atoms with Crippen LogP contribution in [-0.4, -0.2) is 0 Å². The molecule has 3 heteroatoms. The topological polar surface area (TPSA) is 29.4 Å². The van der Waals surface area contributed by atoms with Crippen LogP contribution in [0.3, 0.4) is 0 Å². The van der Waals surface area contributed by atoms with Gasteiger partial charge in [0.25, 0.3) is 0 Å². The van der Waals surface area contributed by atoms with Gasteiger partial charge in [-0.1, -0.05) is 47.3 Å². The molecule has 80 valence electrons. The van der Waals surface area contributed by atoms with Gasteiger partial charge in [0.2, 0.25) is 0 Å². The summed E-state index contributed by atoms with van der Waals surface area (Å²) >= 11 is 1.68. The molecule has 2 aromatic rings. The SMILES string of the molecule is O=NCc1cccc(Sc2ccccc2)c1. The highest BCUT2D eigenvalue weighted by Crippen LogP contribution is 2.27. The van der Waals surface area contributed by atoms with Crippen molar-refractivity contribution >= 4 is 11.8 Å². The van der Waals surface area contributed by atoms with E-state index in [2.05, 4.69) is 17.3 Å². The number of hydrogen-bond acceptors (Lipinski definition) is 3. The quantitative estimate of drug-likeness (QED) is 0.738. The number of benzene rings is 2. The van der Waals surface area contributed by atoms with Crippen molar-refractivity contribution in [3.05, 3.63) is 65.1 Å². The molecular weight excluding hydrogens is 218 g/mol. The lowest BCUT2D eigenvalue weighted by Crippen LogP contribution is -1.81. The van der Waals surface area contributed by atoms with Crippen LogP contribution < -0.4 is 0 Å². The van der Waals surface area contributed by atoms with E-state index in [0.29, 0.717) is 0 Å². The van der Waals surface area contributed by atoms with E-state index in [1.807, 2.05) is 42.5 Å². The summed E-state index contributed by atoms with van der Waals surface area (Å²) in [6, 6.07) is 18.0. The van der Waals surface area contributed by atoms with Crippen molar-refractivity contribution in [3.63, 3.8) is 0 Å². The monoisotopic (exact) mass is 229 g/mol. The van der Waals surface area contributed by atoms with E-state index in [4.69, 9.17) is 0 Å². The van der Waals surface area contributed by atoms with Crippen molar-refractivity contribution in [1.82, 2.24) is 0 Å². The van der Waals surface area contributed by atoms with E-state index < -0.39 is 0 Å². The van der Waals surface area contributed by atoms with Crippen molar-refractivity contribution in [2.24, 2.45) is 5.18 Å². The van der Waals surface area contributed by atoms with Crippen molar-refractivity contribution in [2.75, 3.05) is 0 Å². The summed E-state index contributed by atoms with van der Waals surface area (Å²) in [4.78, 5) is 12.5. The molecule has 2 aromatic carbocycles. The predicted octanol–water partition coefficient (Wildman–Crippen LogP) is 4.10. The second-order valence-corrected chi connectivity index (χ2v) is 4.50. The molecule has 0 heterocycles. The van der Waals surface area contributed by atoms with E-state index in [-0.39, 0.29) is 6.54 Å². The summed E-state index contributed by atoms with van der Waals surface area (Å²) in [6.45, 7) is 0.239. The molecule has 0 aliphatic carbocycles. The Labute approximate surface area is 98.7 Å². The van der Waals surface area contributed by atoms with E-state index >= 15 is 0 Å². The van der Waals surface area contributed by atoms with E-state index in [0.717, 1.165) is 10.5 Å². The fraction of sp³-hybridized carbons (Fsp3) is 0.0769. The molecule has 0 saturated carbocycles. The number of hydrogen-bond donors (Lipinski definition) is 0. The Balaban J connectivity index is 2.15. The first kappa shape index (κ1) is 10.9. The molecule has 0 aliphatic rings. The van der Waals surface area contributed by atoms with Gasteiger partial charge in [-0.05, 0) is 29.8 Å². The maximum atomic E-state index is 10.2. The molecule has 0 N–H and O–H groups in total. The van der Waals surface area contributed by atoms with Crippen LogP contribution >= 0.6 is 11.8 Å². The van der Waals surface area contributed by atoms with Crippen molar-refractivity contribution < 1.29 is 0 Å². The average molecular weight is 229 g/mol. The van der Waals surface area contributed by atoms with Crippen molar-refractivity contribution in [3.8, 4) is 0 Å². The Hall–Kier alpha value is -1.61. The van der Waals surface area contributed by atoms with Crippen LogP contribution in [0.15, 0.2) is 69.6 Å². The largest absolute Gasteiger partial charge is 0.150 e. The fourth-order valence-electron chi connectivity index (χ4n) is 1.41. The van der Waals surface area contributed by atoms with Gasteiger partial charge < -0.3 is 0 Å². The lowest BCUT2D eigenvalue weighted by atomic mass is 10.2. The molecule has 0 fully saturated rings. The molecule has 0 bridgehead atoms. The highest BCUT2D eigenvalue weighted by molar-refractivity contribution is 7.99. The molecular formula is C13H11NOS. The minimum absolute atomic E-state index is 0.239. The summed E-state index contributed by atoms with van der Waals surface area (Å²) in [5.74, 6) is 0. The Morgan fingerprint density at radius 2 is 1.69 bits per heavy atom. The summed E-state index contributed by atoms with van der Waals surface area (Å²) in [7, 11) is 0. The number of nitroso groups, excluding NO2 is 1. The zero-order valence-corrected chi connectivity index (χ0v) is 9.48. The molecule has 0 saturated heterocycles.